The minimum Gasteiger partial charge on any atom is -0.479 e. The molecule has 2 rings (SSSR count). The summed E-state index contributed by atoms with van der Waals surface area (Å²) in [5.74, 6) is -2.44. The summed E-state index contributed by atoms with van der Waals surface area (Å²) in [4.78, 5) is 27.5. The van der Waals surface area contributed by atoms with E-state index in [1.807, 2.05) is 0 Å². The third-order valence-electron chi connectivity index (χ3n) is 3.06. The van der Waals surface area contributed by atoms with Gasteiger partial charge in [-0.25, -0.2) is 9.59 Å². The number of aliphatic hydroxyl groups is 2. The second-order valence-electron chi connectivity index (χ2n) is 4.93. The molecule has 0 unspecified atom stereocenters. The van der Waals surface area contributed by atoms with Gasteiger partial charge in [0.1, 0.15) is 5.84 Å². The van der Waals surface area contributed by atoms with Crippen LogP contribution in [0.2, 0.25) is 0 Å². The molecule has 0 amide bonds. The van der Waals surface area contributed by atoms with Gasteiger partial charge in [0.2, 0.25) is 0 Å². The van der Waals surface area contributed by atoms with E-state index in [0.29, 0.717) is 0 Å². The lowest BCUT2D eigenvalue weighted by Crippen LogP contribution is -2.39. The van der Waals surface area contributed by atoms with Gasteiger partial charge in [-0.15, -0.1) is 11.3 Å². The lowest BCUT2D eigenvalue weighted by molar-refractivity contribution is -0.165. The Kier molecular flexibility index (Phi) is 8.10. The van der Waals surface area contributed by atoms with Crippen molar-refractivity contribution in [2.75, 3.05) is 20.1 Å². The number of aliphatic carboxylic acids is 2. The molecule has 0 fully saturated rings. The number of carboxylic acids is 2. The van der Waals surface area contributed by atoms with Crippen molar-refractivity contribution in [2.45, 2.75) is 18.6 Å². The Morgan fingerprint density at radius 2 is 1.88 bits per heavy atom. The number of likely N-dealkylation sites (N-methyl/N-ethyl adjacent to an activating group) is 1. The van der Waals surface area contributed by atoms with Crippen molar-refractivity contribution >= 4 is 35.2 Å². The lowest BCUT2D eigenvalue weighted by atomic mass is 10.2. The first-order valence-electron chi connectivity index (χ1n) is 7.12. The highest BCUT2D eigenvalue weighted by molar-refractivity contribution is 7.10. The van der Waals surface area contributed by atoms with Crippen LogP contribution in [0.3, 0.4) is 0 Å². The van der Waals surface area contributed by atoms with Gasteiger partial charge in [-0.2, -0.15) is 0 Å². The van der Waals surface area contributed by atoms with E-state index in [4.69, 9.17) is 20.4 Å². The fourth-order valence-electron chi connectivity index (χ4n) is 1.73. The number of rotatable bonds is 5. The minimum atomic E-state index is -2.27. The number of hydrogen-bond acceptors (Lipinski definition) is 7. The SMILES string of the molecule is CN1CCCN=C1/C=C\c1cccs1.O=C(O)[C@@H](O)[C@@H](O)C(=O)O. The summed E-state index contributed by atoms with van der Waals surface area (Å²) in [5, 5.41) is 34.6. The Labute approximate surface area is 143 Å². The molecular formula is C15H20N2O6S. The molecule has 8 nitrogen and oxygen atoms in total. The van der Waals surface area contributed by atoms with Crippen LogP contribution >= 0.6 is 11.3 Å². The van der Waals surface area contributed by atoms with Crippen molar-refractivity contribution in [3.63, 3.8) is 0 Å². The van der Waals surface area contributed by atoms with E-state index in [-0.39, 0.29) is 0 Å². The number of nitrogens with zero attached hydrogens (tertiary/aromatic N) is 2. The smallest absolute Gasteiger partial charge is 0.335 e. The standard InChI is InChI=1S/C11H14N2S.C4H6O6/c1-13-8-3-7-12-11(13)6-5-10-4-2-9-14-10;5-1(3(7)8)2(6)4(9)10/h2,4-6,9H,3,7-8H2,1H3;1-2,5-6H,(H,7,8)(H,9,10)/b6-5-;/t;1-,2+. The zero-order chi connectivity index (χ0) is 18.1. The molecule has 2 atom stereocenters. The average Bonchev–Trinajstić information content (AvgIpc) is 3.06. The maximum Gasteiger partial charge on any atom is 0.335 e. The predicted octanol–water partition coefficient (Wildman–Crippen LogP) is 0.373. The van der Waals surface area contributed by atoms with Crippen LogP contribution in [0.5, 0.6) is 0 Å². The Balaban J connectivity index is 0.000000257. The summed E-state index contributed by atoms with van der Waals surface area (Å²) in [6.07, 6.45) is 0.874. The summed E-state index contributed by atoms with van der Waals surface area (Å²) in [7, 11) is 2.09. The molecule has 1 aliphatic heterocycles. The zero-order valence-corrected chi connectivity index (χ0v) is 13.9. The molecular weight excluding hydrogens is 336 g/mol. The molecule has 0 saturated heterocycles. The molecule has 0 saturated carbocycles. The third-order valence-corrected chi connectivity index (χ3v) is 3.90. The van der Waals surface area contributed by atoms with Crippen molar-refractivity contribution in [3.8, 4) is 0 Å². The van der Waals surface area contributed by atoms with Crippen molar-refractivity contribution < 1.29 is 30.0 Å². The van der Waals surface area contributed by atoms with Gasteiger partial charge in [-0.3, -0.25) is 4.99 Å². The van der Waals surface area contributed by atoms with Crippen LogP contribution in [0.4, 0.5) is 0 Å². The molecule has 132 valence electrons. The normalized spacial score (nSPS) is 16.8. The van der Waals surface area contributed by atoms with Crippen molar-refractivity contribution in [2.24, 2.45) is 4.99 Å². The van der Waals surface area contributed by atoms with Crippen molar-refractivity contribution in [3.05, 3.63) is 28.5 Å². The molecule has 0 radical (unpaired) electrons. The van der Waals surface area contributed by atoms with Gasteiger partial charge in [0, 0.05) is 25.0 Å². The lowest BCUT2D eigenvalue weighted by Gasteiger charge is -2.22. The number of carboxylic acid groups (broad SMARTS) is 2. The van der Waals surface area contributed by atoms with Gasteiger partial charge in [-0.05, 0) is 30.0 Å². The second-order valence-corrected chi connectivity index (χ2v) is 5.91. The largest absolute Gasteiger partial charge is 0.479 e. The maximum absolute atomic E-state index is 9.77. The highest BCUT2D eigenvalue weighted by atomic mass is 32.1. The molecule has 1 aliphatic rings. The minimum absolute atomic E-state index is 0.967. The molecule has 1 aromatic heterocycles. The van der Waals surface area contributed by atoms with Gasteiger partial charge in [0.25, 0.3) is 0 Å². The van der Waals surface area contributed by atoms with E-state index in [9.17, 15) is 9.59 Å². The Bertz CT molecular complexity index is 581. The van der Waals surface area contributed by atoms with Crippen LogP contribution in [0.25, 0.3) is 6.08 Å². The summed E-state index contributed by atoms with van der Waals surface area (Å²) in [6.45, 7) is 2.09. The number of hydrogen-bond donors (Lipinski definition) is 4. The van der Waals surface area contributed by atoms with Crippen LogP contribution in [-0.4, -0.2) is 75.4 Å². The first-order chi connectivity index (χ1) is 11.3. The van der Waals surface area contributed by atoms with Crippen LogP contribution in [0.1, 0.15) is 11.3 Å². The fraction of sp³-hybridized carbons (Fsp3) is 0.400. The first-order valence-corrected chi connectivity index (χ1v) is 7.99. The van der Waals surface area contributed by atoms with Gasteiger partial charge < -0.3 is 25.3 Å². The van der Waals surface area contributed by atoms with Crippen molar-refractivity contribution in [1.82, 2.24) is 4.90 Å². The molecule has 2 heterocycles. The van der Waals surface area contributed by atoms with Crippen LogP contribution in [0, 0.1) is 0 Å². The number of aliphatic hydroxyl groups excluding tert-OH is 2. The van der Waals surface area contributed by atoms with Gasteiger partial charge in [0.05, 0.1) is 0 Å². The molecule has 0 bridgehead atoms. The van der Waals surface area contributed by atoms with E-state index in [2.05, 4.69) is 46.6 Å². The molecule has 4 N–H and O–H groups in total. The van der Waals surface area contributed by atoms with E-state index < -0.39 is 24.1 Å². The number of aliphatic imine (C=N–C) groups is 1. The summed E-state index contributed by atoms with van der Waals surface area (Å²) in [5.41, 5.74) is 0. The topological polar surface area (TPSA) is 131 Å². The number of carbonyl (C=O) groups is 2. The van der Waals surface area contributed by atoms with E-state index in [1.165, 1.54) is 11.3 Å². The molecule has 9 heteroatoms. The molecule has 0 aliphatic carbocycles. The summed E-state index contributed by atoms with van der Waals surface area (Å²) in [6, 6.07) is 4.18. The van der Waals surface area contributed by atoms with Crippen LogP contribution in [0.15, 0.2) is 28.6 Å². The highest BCUT2D eigenvalue weighted by Gasteiger charge is 2.29. The second kappa shape index (κ2) is 9.81. The number of thiophene rings is 1. The fourth-order valence-corrected chi connectivity index (χ4v) is 2.35. The van der Waals surface area contributed by atoms with Gasteiger partial charge >= 0.3 is 11.9 Å². The van der Waals surface area contributed by atoms with E-state index in [0.717, 1.165) is 18.9 Å². The van der Waals surface area contributed by atoms with Crippen LogP contribution < -0.4 is 0 Å². The number of amidine groups is 1. The average molecular weight is 356 g/mol. The third kappa shape index (κ3) is 6.49. The van der Waals surface area contributed by atoms with E-state index in [1.54, 1.807) is 11.3 Å². The molecule has 24 heavy (non-hydrogen) atoms. The predicted molar refractivity (Wildman–Crippen MR) is 90.2 cm³/mol. The molecule has 1 aromatic rings. The molecule has 0 spiro atoms. The zero-order valence-electron chi connectivity index (χ0n) is 13.1. The highest BCUT2D eigenvalue weighted by Crippen LogP contribution is 2.11. The van der Waals surface area contributed by atoms with Gasteiger partial charge in [0.15, 0.2) is 12.2 Å². The van der Waals surface area contributed by atoms with Gasteiger partial charge in [-0.1, -0.05) is 6.07 Å². The van der Waals surface area contributed by atoms with E-state index >= 15 is 0 Å². The Morgan fingerprint density at radius 3 is 2.33 bits per heavy atom. The summed E-state index contributed by atoms with van der Waals surface area (Å²) < 4.78 is 0. The monoisotopic (exact) mass is 356 g/mol. The Hall–Kier alpha value is -2.23. The Morgan fingerprint density at radius 1 is 1.25 bits per heavy atom. The van der Waals surface area contributed by atoms with Crippen LogP contribution in [-0.2, 0) is 9.59 Å². The summed E-state index contributed by atoms with van der Waals surface area (Å²) >= 11 is 1.75. The maximum atomic E-state index is 9.77. The van der Waals surface area contributed by atoms with Crippen molar-refractivity contribution in [1.29, 1.82) is 0 Å². The quantitative estimate of drug-likeness (QED) is 0.599. The first kappa shape index (κ1) is 19.8. The molecule has 0 aromatic carbocycles.